The normalized spacial score (nSPS) is 17.4. The van der Waals surface area contributed by atoms with Crippen molar-refractivity contribution in [2.24, 2.45) is 0 Å². The van der Waals surface area contributed by atoms with E-state index in [2.05, 4.69) is 4.98 Å². The van der Waals surface area contributed by atoms with Crippen LogP contribution >= 0.6 is 0 Å². The molecule has 9 nitrogen and oxygen atoms in total. The molecule has 1 aromatic rings. The summed E-state index contributed by atoms with van der Waals surface area (Å²) in [5, 5.41) is 20.6. The topological polar surface area (TPSA) is 123 Å². The summed E-state index contributed by atoms with van der Waals surface area (Å²) in [6.45, 7) is 4.78. The third-order valence-corrected chi connectivity index (χ3v) is 4.09. The van der Waals surface area contributed by atoms with E-state index in [1.54, 1.807) is 13.8 Å². The molecule has 0 saturated carbocycles. The maximum absolute atomic E-state index is 12.6. The summed E-state index contributed by atoms with van der Waals surface area (Å²) >= 11 is 0. The van der Waals surface area contributed by atoms with E-state index in [0.29, 0.717) is 0 Å². The predicted molar refractivity (Wildman–Crippen MR) is 79.4 cm³/mol. The number of carbonyl (C=O) groups excluding carboxylic acids is 1. The number of aliphatic carboxylic acids is 1. The summed E-state index contributed by atoms with van der Waals surface area (Å²) in [4.78, 5) is 39.5. The maximum Gasteiger partial charge on any atom is 0.366 e. The summed E-state index contributed by atoms with van der Waals surface area (Å²) in [5.41, 5.74) is -1.54. The molecule has 1 aliphatic heterocycles. The van der Waals surface area contributed by atoms with Gasteiger partial charge in [-0.2, -0.15) is 0 Å². The first-order valence-corrected chi connectivity index (χ1v) is 7.18. The number of rotatable bonds is 5. The van der Waals surface area contributed by atoms with Crippen LogP contribution in [0.25, 0.3) is 0 Å². The lowest BCUT2D eigenvalue weighted by atomic mass is 9.89. The van der Waals surface area contributed by atoms with Crippen LogP contribution in [0.15, 0.2) is 12.1 Å². The van der Waals surface area contributed by atoms with E-state index in [1.807, 2.05) is 0 Å². The van der Waals surface area contributed by atoms with Crippen LogP contribution < -0.4 is 9.64 Å². The number of hydrogen-bond acceptors (Lipinski definition) is 6. The number of pyridine rings is 1. The van der Waals surface area contributed by atoms with E-state index >= 15 is 0 Å². The van der Waals surface area contributed by atoms with E-state index in [4.69, 9.17) is 4.74 Å². The second-order valence-corrected chi connectivity index (χ2v) is 5.23. The Kier molecular flexibility index (Phi) is 4.22. The van der Waals surface area contributed by atoms with E-state index < -0.39 is 34.3 Å². The van der Waals surface area contributed by atoms with Crippen LogP contribution in [-0.2, 0) is 9.59 Å². The fourth-order valence-electron chi connectivity index (χ4n) is 2.68. The lowest BCUT2D eigenvalue weighted by molar-refractivity contribution is -0.389. The molecule has 0 saturated heterocycles. The van der Waals surface area contributed by atoms with Crippen LogP contribution in [0.5, 0.6) is 5.75 Å². The Morgan fingerprint density at radius 1 is 1.48 bits per heavy atom. The molecule has 2 heterocycles. The summed E-state index contributed by atoms with van der Waals surface area (Å²) in [6.07, 6.45) is -0.648. The fourth-order valence-corrected chi connectivity index (χ4v) is 2.68. The van der Waals surface area contributed by atoms with Crippen LogP contribution in [0.2, 0.25) is 0 Å². The van der Waals surface area contributed by atoms with Crippen molar-refractivity contribution in [1.29, 1.82) is 0 Å². The Balaban J connectivity index is 2.72. The van der Waals surface area contributed by atoms with Gasteiger partial charge in [0.2, 0.25) is 0 Å². The van der Waals surface area contributed by atoms with E-state index in [-0.39, 0.29) is 24.4 Å². The summed E-state index contributed by atoms with van der Waals surface area (Å²) < 4.78 is 5.40. The van der Waals surface area contributed by atoms with Crippen molar-refractivity contribution in [1.82, 2.24) is 4.98 Å². The van der Waals surface area contributed by atoms with Gasteiger partial charge in [-0.25, -0.2) is 4.79 Å². The van der Waals surface area contributed by atoms with Crippen molar-refractivity contribution in [2.75, 3.05) is 4.90 Å². The zero-order valence-electron chi connectivity index (χ0n) is 13.0. The maximum atomic E-state index is 12.6. The quantitative estimate of drug-likeness (QED) is 0.646. The van der Waals surface area contributed by atoms with Gasteiger partial charge in [0, 0.05) is 6.07 Å². The van der Waals surface area contributed by atoms with Crippen molar-refractivity contribution >= 4 is 23.5 Å². The van der Waals surface area contributed by atoms with Crippen LogP contribution in [-0.4, -0.2) is 38.5 Å². The Labute approximate surface area is 132 Å². The number of carbonyl (C=O) groups is 2. The highest BCUT2D eigenvalue weighted by atomic mass is 16.6. The number of ether oxygens (including phenoxy) is 1. The molecule has 0 aliphatic carbocycles. The molecule has 1 N–H and O–H groups in total. The van der Waals surface area contributed by atoms with Gasteiger partial charge in [-0.1, -0.05) is 13.8 Å². The number of carboxylic acids is 1. The second-order valence-electron chi connectivity index (χ2n) is 5.23. The van der Waals surface area contributed by atoms with Gasteiger partial charge in [0.25, 0.3) is 11.7 Å². The molecular weight excluding hydrogens is 306 g/mol. The number of fused-ring (bicyclic) bond motifs is 1. The molecule has 1 aromatic heterocycles. The number of anilines is 1. The molecule has 23 heavy (non-hydrogen) atoms. The van der Waals surface area contributed by atoms with Gasteiger partial charge in [-0.3, -0.25) is 9.69 Å². The lowest BCUT2D eigenvalue weighted by Gasteiger charge is -2.41. The molecule has 1 amide bonds. The SMILES string of the molecule is CCC(CC)(C(=O)O)N1C(=O)C(C)Oc2ccc([N+](=O)[O-])nc21. The molecule has 2 rings (SSSR count). The zero-order valence-corrected chi connectivity index (χ0v) is 13.0. The van der Waals surface area contributed by atoms with Gasteiger partial charge in [0.15, 0.2) is 11.9 Å². The first-order valence-electron chi connectivity index (χ1n) is 7.18. The third-order valence-electron chi connectivity index (χ3n) is 4.09. The number of amides is 1. The smallest absolute Gasteiger partial charge is 0.366 e. The summed E-state index contributed by atoms with van der Waals surface area (Å²) in [5.74, 6) is -2.24. The Morgan fingerprint density at radius 2 is 2.09 bits per heavy atom. The molecule has 9 heteroatoms. The zero-order chi connectivity index (χ0) is 17.4. The predicted octanol–water partition coefficient (Wildman–Crippen LogP) is 1.75. The monoisotopic (exact) mass is 323 g/mol. The number of carboxylic acid groups (broad SMARTS) is 1. The van der Waals surface area contributed by atoms with E-state index in [9.17, 15) is 24.8 Å². The molecule has 0 bridgehead atoms. The van der Waals surface area contributed by atoms with Crippen molar-refractivity contribution in [3.8, 4) is 5.75 Å². The summed E-state index contributed by atoms with van der Waals surface area (Å²) in [6, 6.07) is 2.48. The molecule has 1 atom stereocenters. The van der Waals surface area contributed by atoms with Crippen LogP contribution in [0.3, 0.4) is 0 Å². The largest absolute Gasteiger partial charge is 0.479 e. The number of hydrogen-bond donors (Lipinski definition) is 1. The van der Waals surface area contributed by atoms with Gasteiger partial charge in [0.1, 0.15) is 5.54 Å². The fraction of sp³-hybridized carbons (Fsp3) is 0.500. The summed E-state index contributed by atoms with van der Waals surface area (Å²) in [7, 11) is 0. The first-order chi connectivity index (χ1) is 10.8. The van der Waals surface area contributed by atoms with E-state index in [0.717, 1.165) is 11.0 Å². The molecular formula is C14H17N3O6. The molecule has 0 fully saturated rings. The van der Waals surface area contributed by atoms with Crippen LogP contribution in [0.1, 0.15) is 33.6 Å². The number of nitro groups is 1. The van der Waals surface area contributed by atoms with Gasteiger partial charge >= 0.3 is 11.8 Å². The standard InChI is InChI=1S/C14H17N3O6/c1-4-14(5-2,13(19)20)16-11-9(23-8(3)12(16)18)6-7-10(15-11)17(21)22/h6-8H,4-5H2,1-3H3,(H,19,20). The number of nitrogens with zero attached hydrogens (tertiary/aromatic N) is 3. The minimum atomic E-state index is -1.54. The van der Waals surface area contributed by atoms with Crippen molar-refractivity contribution < 1.29 is 24.4 Å². The lowest BCUT2D eigenvalue weighted by Crippen LogP contribution is -2.61. The van der Waals surface area contributed by atoms with Gasteiger partial charge in [-0.05, 0) is 35.7 Å². The highest BCUT2D eigenvalue weighted by molar-refractivity contribution is 6.05. The Morgan fingerprint density at radius 3 is 2.57 bits per heavy atom. The number of aromatic nitrogens is 1. The molecule has 1 aliphatic rings. The molecule has 124 valence electrons. The highest BCUT2D eigenvalue weighted by Crippen LogP contribution is 2.40. The molecule has 0 aromatic carbocycles. The van der Waals surface area contributed by atoms with Crippen molar-refractivity contribution in [3.63, 3.8) is 0 Å². The van der Waals surface area contributed by atoms with Crippen LogP contribution in [0.4, 0.5) is 11.6 Å². The van der Waals surface area contributed by atoms with Crippen molar-refractivity contribution in [3.05, 3.63) is 22.2 Å². The second kappa shape index (κ2) is 5.82. The minimum Gasteiger partial charge on any atom is -0.479 e. The Bertz CT molecular complexity index is 670. The van der Waals surface area contributed by atoms with E-state index in [1.165, 1.54) is 13.0 Å². The minimum absolute atomic E-state index is 0.126. The molecule has 0 spiro atoms. The highest BCUT2D eigenvalue weighted by Gasteiger charge is 2.52. The van der Waals surface area contributed by atoms with Gasteiger partial charge in [-0.15, -0.1) is 0 Å². The van der Waals surface area contributed by atoms with Crippen LogP contribution in [0, 0.1) is 10.1 Å². The first kappa shape index (κ1) is 16.7. The van der Waals surface area contributed by atoms with Gasteiger partial charge < -0.3 is 20.0 Å². The van der Waals surface area contributed by atoms with Gasteiger partial charge in [0.05, 0.1) is 0 Å². The molecule has 1 unspecified atom stereocenters. The average Bonchev–Trinajstić information content (AvgIpc) is 2.51. The van der Waals surface area contributed by atoms with Crippen molar-refractivity contribution in [2.45, 2.75) is 45.3 Å². The molecule has 0 radical (unpaired) electrons. The third kappa shape index (κ3) is 2.47. The average molecular weight is 323 g/mol. The Hall–Kier alpha value is -2.71.